The average molecular weight is 382 g/mol. The third-order valence-corrected chi connectivity index (χ3v) is 5.05. The maximum atomic E-state index is 11.9. The molecule has 1 aromatic heterocycles. The van der Waals surface area contributed by atoms with E-state index in [4.69, 9.17) is 20.8 Å². The molecule has 27 heavy (non-hydrogen) atoms. The Kier molecular flexibility index (Phi) is 4.99. The van der Waals surface area contributed by atoms with Crippen molar-refractivity contribution < 1.29 is 13.9 Å². The Morgan fingerprint density at radius 3 is 2.74 bits per heavy atom. The summed E-state index contributed by atoms with van der Waals surface area (Å²) in [6.07, 6.45) is 6.26. The van der Waals surface area contributed by atoms with Gasteiger partial charge < -0.3 is 9.15 Å². The SMILES string of the molecule is CCC(=O)Oc1ccc2oc3c(c2c1C=Nc1ccc(Cl)cc1)CCCC3. The second-order valence-corrected chi connectivity index (χ2v) is 7.06. The van der Waals surface area contributed by atoms with E-state index in [-0.39, 0.29) is 5.97 Å². The summed E-state index contributed by atoms with van der Waals surface area (Å²) in [6, 6.07) is 11.0. The Morgan fingerprint density at radius 1 is 1.19 bits per heavy atom. The lowest BCUT2D eigenvalue weighted by molar-refractivity contribution is -0.134. The van der Waals surface area contributed by atoms with E-state index in [2.05, 4.69) is 4.99 Å². The van der Waals surface area contributed by atoms with Crippen molar-refractivity contribution in [3.63, 3.8) is 0 Å². The molecule has 4 rings (SSSR count). The van der Waals surface area contributed by atoms with Gasteiger partial charge in [0.05, 0.1) is 5.69 Å². The summed E-state index contributed by atoms with van der Waals surface area (Å²) in [6.45, 7) is 1.78. The van der Waals surface area contributed by atoms with Crippen LogP contribution >= 0.6 is 11.6 Å². The molecule has 0 unspecified atom stereocenters. The number of hydrogen-bond acceptors (Lipinski definition) is 4. The lowest BCUT2D eigenvalue weighted by atomic mass is 9.94. The van der Waals surface area contributed by atoms with Gasteiger partial charge >= 0.3 is 5.97 Å². The normalized spacial score (nSPS) is 13.9. The predicted octanol–water partition coefficient (Wildman–Crippen LogP) is 6.03. The van der Waals surface area contributed by atoms with Crippen LogP contribution in [0.3, 0.4) is 0 Å². The molecular weight excluding hydrogens is 362 g/mol. The third kappa shape index (κ3) is 3.62. The Labute approximate surface area is 162 Å². The molecule has 0 saturated carbocycles. The number of aryl methyl sites for hydroxylation is 2. The van der Waals surface area contributed by atoms with Gasteiger partial charge in [-0.15, -0.1) is 0 Å². The van der Waals surface area contributed by atoms with Crippen LogP contribution in [0.15, 0.2) is 45.8 Å². The Hall–Kier alpha value is -2.59. The van der Waals surface area contributed by atoms with E-state index in [1.165, 1.54) is 5.56 Å². The smallest absolute Gasteiger partial charge is 0.310 e. The van der Waals surface area contributed by atoms with Gasteiger partial charge in [0.1, 0.15) is 17.1 Å². The first-order valence-electron chi connectivity index (χ1n) is 9.23. The predicted molar refractivity (Wildman–Crippen MR) is 107 cm³/mol. The van der Waals surface area contributed by atoms with E-state index in [0.717, 1.165) is 53.7 Å². The van der Waals surface area contributed by atoms with Crippen molar-refractivity contribution in [2.45, 2.75) is 39.0 Å². The van der Waals surface area contributed by atoms with Crippen molar-refractivity contribution in [3.8, 4) is 5.75 Å². The van der Waals surface area contributed by atoms with Gasteiger partial charge in [0.25, 0.3) is 0 Å². The third-order valence-electron chi connectivity index (χ3n) is 4.80. The highest BCUT2D eigenvalue weighted by molar-refractivity contribution is 6.30. The Balaban J connectivity index is 1.85. The van der Waals surface area contributed by atoms with Crippen LogP contribution in [0.25, 0.3) is 11.0 Å². The summed E-state index contributed by atoms with van der Waals surface area (Å²) in [5.74, 6) is 1.28. The van der Waals surface area contributed by atoms with Gasteiger partial charge in [0, 0.05) is 40.6 Å². The molecule has 0 bridgehead atoms. The van der Waals surface area contributed by atoms with Crippen molar-refractivity contribution in [2.24, 2.45) is 4.99 Å². The highest BCUT2D eigenvalue weighted by atomic mass is 35.5. The Bertz CT molecular complexity index is 1020. The van der Waals surface area contributed by atoms with E-state index in [0.29, 0.717) is 17.2 Å². The molecule has 0 aliphatic heterocycles. The van der Waals surface area contributed by atoms with Gasteiger partial charge in [-0.3, -0.25) is 9.79 Å². The van der Waals surface area contributed by atoms with Crippen molar-refractivity contribution in [3.05, 3.63) is 58.3 Å². The van der Waals surface area contributed by atoms with Crippen molar-refractivity contribution in [1.82, 2.24) is 0 Å². The summed E-state index contributed by atoms with van der Waals surface area (Å²) in [5.41, 5.74) is 3.59. The molecular formula is C22H20ClNO3. The van der Waals surface area contributed by atoms with Gasteiger partial charge in [-0.2, -0.15) is 0 Å². The summed E-state index contributed by atoms with van der Waals surface area (Å²) < 4.78 is 11.6. The highest BCUT2D eigenvalue weighted by Gasteiger charge is 2.22. The monoisotopic (exact) mass is 381 g/mol. The van der Waals surface area contributed by atoms with Gasteiger partial charge in [0.2, 0.25) is 0 Å². The van der Waals surface area contributed by atoms with Gasteiger partial charge in [0.15, 0.2) is 0 Å². The van der Waals surface area contributed by atoms with E-state index in [9.17, 15) is 4.79 Å². The maximum absolute atomic E-state index is 11.9. The number of aliphatic imine (C=N–C) groups is 1. The number of carbonyl (C=O) groups excluding carboxylic acids is 1. The van der Waals surface area contributed by atoms with Crippen LogP contribution in [0.1, 0.15) is 43.1 Å². The van der Waals surface area contributed by atoms with Crippen LogP contribution in [-0.4, -0.2) is 12.2 Å². The minimum Gasteiger partial charge on any atom is -0.461 e. The lowest BCUT2D eigenvalue weighted by Crippen LogP contribution is -2.08. The summed E-state index contributed by atoms with van der Waals surface area (Å²) >= 11 is 5.95. The second-order valence-electron chi connectivity index (χ2n) is 6.62. The first kappa shape index (κ1) is 17.8. The van der Waals surface area contributed by atoms with Gasteiger partial charge in [-0.25, -0.2) is 0 Å². The van der Waals surface area contributed by atoms with Crippen molar-refractivity contribution >= 4 is 40.4 Å². The Morgan fingerprint density at radius 2 is 1.96 bits per heavy atom. The first-order chi connectivity index (χ1) is 13.2. The van der Waals surface area contributed by atoms with Crippen molar-refractivity contribution in [1.29, 1.82) is 0 Å². The number of esters is 1. The average Bonchev–Trinajstić information content (AvgIpc) is 3.07. The zero-order valence-corrected chi connectivity index (χ0v) is 15.9. The molecule has 5 heteroatoms. The number of fused-ring (bicyclic) bond motifs is 3. The number of rotatable bonds is 4. The molecule has 1 aliphatic rings. The quantitative estimate of drug-likeness (QED) is 0.315. The molecule has 4 nitrogen and oxygen atoms in total. The molecule has 138 valence electrons. The molecule has 3 aromatic rings. The van der Waals surface area contributed by atoms with E-state index in [1.54, 1.807) is 31.3 Å². The fraction of sp³-hybridized carbons (Fsp3) is 0.273. The first-order valence-corrected chi connectivity index (χ1v) is 9.61. The topological polar surface area (TPSA) is 51.8 Å². The largest absolute Gasteiger partial charge is 0.461 e. The zero-order chi connectivity index (χ0) is 18.8. The van der Waals surface area contributed by atoms with Crippen LogP contribution < -0.4 is 4.74 Å². The molecule has 0 spiro atoms. The van der Waals surface area contributed by atoms with Crippen molar-refractivity contribution in [2.75, 3.05) is 0 Å². The van der Waals surface area contributed by atoms with Crippen LogP contribution in [0.4, 0.5) is 5.69 Å². The van der Waals surface area contributed by atoms with E-state index >= 15 is 0 Å². The minimum absolute atomic E-state index is 0.271. The second kappa shape index (κ2) is 7.57. The number of ether oxygens (including phenoxy) is 1. The highest BCUT2D eigenvalue weighted by Crippen LogP contribution is 2.37. The van der Waals surface area contributed by atoms with E-state index in [1.807, 2.05) is 18.2 Å². The molecule has 0 atom stereocenters. The number of furan rings is 1. The lowest BCUT2D eigenvalue weighted by Gasteiger charge is -2.11. The standard InChI is InChI=1S/C22H20ClNO3/c1-2-21(25)27-19-11-12-20-22(16-5-3-4-6-18(16)26-20)17(19)13-24-15-9-7-14(23)8-10-15/h7-13H,2-6H2,1H3. The molecule has 0 amide bonds. The zero-order valence-electron chi connectivity index (χ0n) is 15.1. The molecule has 0 fully saturated rings. The maximum Gasteiger partial charge on any atom is 0.310 e. The molecule has 1 heterocycles. The van der Waals surface area contributed by atoms with Crippen LogP contribution in [0.2, 0.25) is 5.02 Å². The molecule has 0 radical (unpaired) electrons. The number of hydrogen-bond donors (Lipinski definition) is 0. The fourth-order valence-corrected chi connectivity index (χ4v) is 3.57. The molecule has 0 saturated heterocycles. The van der Waals surface area contributed by atoms with Gasteiger partial charge in [-0.1, -0.05) is 18.5 Å². The molecule has 1 aliphatic carbocycles. The van der Waals surface area contributed by atoms with E-state index < -0.39 is 0 Å². The molecule has 0 N–H and O–H groups in total. The van der Waals surface area contributed by atoms with Crippen LogP contribution in [-0.2, 0) is 17.6 Å². The number of carbonyl (C=O) groups is 1. The molecule has 2 aromatic carbocycles. The van der Waals surface area contributed by atoms with Crippen LogP contribution in [0, 0.1) is 0 Å². The number of benzene rings is 2. The summed E-state index contributed by atoms with van der Waals surface area (Å²) in [7, 11) is 0. The number of halogens is 1. The van der Waals surface area contributed by atoms with Crippen LogP contribution in [0.5, 0.6) is 5.75 Å². The minimum atomic E-state index is -0.271. The summed E-state index contributed by atoms with van der Waals surface area (Å²) in [5, 5.41) is 1.67. The van der Waals surface area contributed by atoms with Gasteiger partial charge in [-0.05, 0) is 55.7 Å². The summed E-state index contributed by atoms with van der Waals surface area (Å²) in [4.78, 5) is 16.5. The number of nitrogens with zero attached hydrogens (tertiary/aromatic N) is 1. The fourth-order valence-electron chi connectivity index (χ4n) is 3.44.